The number of oxazole rings is 1. The van der Waals surface area contributed by atoms with Crippen LogP contribution in [0.3, 0.4) is 0 Å². The first-order valence-corrected chi connectivity index (χ1v) is 5.84. The van der Waals surface area contributed by atoms with Gasteiger partial charge in [-0.1, -0.05) is 26.8 Å². The van der Waals surface area contributed by atoms with Gasteiger partial charge in [0.25, 0.3) is 0 Å². The summed E-state index contributed by atoms with van der Waals surface area (Å²) < 4.78 is 5.71. The fraction of sp³-hybridized carbons (Fsp3) is 0.429. The predicted molar refractivity (Wildman–Crippen MR) is 67.1 cm³/mol. The van der Waals surface area contributed by atoms with E-state index in [-0.39, 0.29) is 5.41 Å². The van der Waals surface area contributed by atoms with E-state index in [0.29, 0.717) is 6.42 Å². The summed E-state index contributed by atoms with van der Waals surface area (Å²) in [6, 6.07) is 5.92. The van der Waals surface area contributed by atoms with E-state index >= 15 is 0 Å². The lowest BCUT2D eigenvalue weighted by atomic mass is 9.97. The van der Waals surface area contributed by atoms with E-state index in [1.54, 1.807) is 0 Å². The first kappa shape index (κ1) is 11.8. The standard InChI is InChI=1S/C14H17NO2/c1-14(2,3)13-15-11-9-10(5-4-8-16)6-7-12(11)17-13/h6-9H,4-5H2,1-3H3. The third kappa shape index (κ3) is 2.54. The van der Waals surface area contributed by atoms with Gasteiger partial charge in [-0.25, -0.2) is 4.98 Å². The summed E-state index contributed by atoms with van der Waals surface area (Å²) in [7, 11) is 0. The highest BCUT2D eigenvalue weighted by Gasteiger charge is 2.20. The van der Waals surface area contributed by atoms with E-state index < -0.39 is 0 Å². The Bertz CT molecular complexity index is 535. The summed E-state index contributed by atoms with van der Waals surface area (Å²) in [5, 5.41) is 0. The minimum Gasteiger partial charge on any atom is -0.440 e. The number of hydrogen-bond acceptors (Lipinski definition) is 3. The van der Waals surface area contributed by atoms with Crippen molar-refractivity contribution in [2.24, 2.45) is 0 Å². The van der Waals surface area contributed by atoms with Gasteiger partial charge in [0, 0.05) is 11.8 Å². The first-order valence-electron chi connectivity index (χ1n) is 5.84. The van der Waals surface area contributed by atoms with Crippen molar-refractivity contribution in [3.8, 4) is 0 Å². The van der Waals surface area contributed by atoms with Gasteiger partial charge in [0.15, 0.2) is 5.58 Å². The second-order valence-electron chi connectivity index (χ2n) is 5.28. The molecule has 0 aliphatic heterocycles. The second kappa shape index (κ2) is 4.32. The van der Waals surface area contributed by atoms with E-state index in [2.05, 4.69) is 25.8 Å². The van der Waals surface area contributed by atoms with Crippen LogP contribution in [-0.4, -0.2) is 11.3 Å². The number of hydrogen-bond donors (Lipinski definition) is 0. The highest BCUT2D eigenvalue weighted by molar-refractivity contribution is 5.73. The van der Waals surface area contributed by atoms with Crippen LogP contribution in [-0.2, 0) is 16.6 Å². The average Bonchev–Trinajstić information content (AvgIpc) is 2.68. The Morgan fingerprint density at radius 1 is 1.35 bits per heavy atom. The van der Waals surface area contributed by atoms with Crippen LogP contribution in [0.2, 0.25) is 0 Å². The number of carbonyl (C=O) groups excluding carboxylic acids is 1. The molecule has 0 aliphatic carbocycles. The van der Waals surface area contributed by atoms with E-state index in [0.717, 1.165) is 35.3 Å². The molecule has 0 saturated carbocycles. The van der Waals surface area contributed by atoms with Crippen LogP contribution in [0.4, 0.5) is 0 Å². The Balaban J connectivity index is 2.37. The third-order valence-corrected chi connectivity index (χ3v) is 2.64. The molecule has 0 radical (unpaired) electrons. The Hall–Kier alpha value is -1.64. The van der Waals surface area contributed by atoms with E-state index in [4.69, 9.17) is 4.42 Å². The molecule has 3 heteroatoms. The van der Waals surface area contributed by atoms with Crippen LogP contribution in [0.15, 0.2) is 22.6 Å². The lowest BCUT2D eigenvalue weighted by Crippen LogP contribution is -2.10. The molecule has 17 heavy (non-hydrogen) atoms. The number of carbonyl (C=O) groups is 1. The molecule has 0 spiro atoms. The fourth-order valence-electron chi connectivity index (χ4n) is 1.67. The van der Waals surface area contributed by atoms with Crippen molar-refractivity contribution in [1.29, 1.82) is 0 Å². The molecule has 0 fully saturated rings. The molecule has 1 heterocycles. The smallest absolute Gasteiger partial charge is 0.200 e. The lowest BCUT2D eigenvalue weighted by Gasteiger charge is -2.11. The summed E-state index contributed by atoms with van der Waals surface area (Å²) in [6.45, 7) is 6.22. The second-order valence-corrected chi connectivity index (χ2v) is 5.28. The van der Waals surface area contributed by atoms with Gasteiger partial charge in [0.05, 0.1) is 0 Å². The van der Waals surface area contributed by atoms with Crippen molar-refractivity contribution in [2.45, 2.75) is 39.0 Å². The van der Waals surface area contributed by atoms with Gasteiger partial charge in [-0.15, -0.1) is 0 Å². The topological polar surface area (TPSA) is 43.1 Å². The lowest BCUT2D eigenvalue weighted by molar-refractivity contribution is -0.107. The number of benzene rings is 1. The number of rotatable bonds is 3. The van der Waals surface area contributed by atoms with Crippen LogP contribution in [0, 0.1) is 0 Å². The van der Waals surface area contributed by atoms with Crippen LogP contribution in [0.25, 0.3) is 11.1 Å². The molecule has 0 aliphatic rings. The van der Waals surface area contributed by atoms with Gasteiger partial charge in [0.2, 0.25) is 5.89 Å². The Morgan fingerprint density at radius 2 is 2.12 bits per heavy atom. The maximum absolute atomic E-state index is 10.3. The number of nitrogens with zero attached hydrogens (tertiary/aromatic N) is 1. The molecule has 0 atom stereocenters. The molecule has 3 nitrogen and oxygen atoms in total. The summed E-state index contributed by atoms with van der Waals surface area (Å²) in [5.41, 5.74) is 2.73. The summed E-state index contributed by atoms with van der Waals surface area (Å²) in [6.07, 6.45) is 2.25. The average molecular weight is 231 g/mol. The quantitative estimate of drug-likeness (QED) is 0.761. The molecule has 0 unspecified atom stereocenters. The molecular weight excluding hydrogens is 214 g/mol. The molecule has 2 aromatic rings. The third-order valence-electron chi connectivity index (χ3n) is 2.64. The van der Waals surface area contributed by atoms with Crippen molar-refractivity contribution >= 4 is 17.4 Å². The molecular formula is C14H17NO2. The monoisotopic (exact) mass is 231 g/mol. The van der Waals surface area contributed by atoms with Crippen molar-refractivity contribution in [3.63, 3.8) is 0 Å². The van der Waals surface area contributed by atoms with Crippen LogP contribution >= 0.6 is 0 Å². The minimum absolute atomic E-state index is 0.0814. The molecule has 0 bridgehead atoms. The molecule has 2 rings (SSSR count). The van der Waals surface area contributed by atoms with Crippen molar-refractivity contribution < 1.29 is 9.21 Å². The van der Waals surface area contributed by atoms with Crippen LogP contribution in [0.1, 0.15) is 38.6 Å². The van der Waals surface area contributed by atoms with Gasteiger partial charge in [-0.05, 0) is 24.1 Å². The molecule has 0 N–H and O–H groups in total. The number of aromatic nitrogens is 1. The zero-order chi connectivity index (χ0) is 12.5. The number of aldehydes is 1. The maximum atomic E-state index is 10.3. The van der Waals surface area contributed by atoms with Gasteiger partial charge >= 0.3 is 0 Å². The van der Waals surface area contributed by atoms with E-state index in [9.17, 15) is 4.79 Å². The zero-order valence-corrected chi connectivity index (χ0v) is 10.5. The summed E-state index contributed by atoms with van der Waals surface area (Å²) in [4.78, 5) is 14.8. The maximum Gasteiger partial charge on any atom is 0.200 e. The van der Waals surface area contributed by atoms with Crippen LogP contribution < -0.4 is 0 Å². The normalized spacial score (nSPS) is 11.9. The van der Waals surface area contributed by atoms with Gasteiger partial charge in [-0.3, -0.25) is 0 Å². The SMILES string of the molecule is CC(C)(C)c1nc2cc(CCC=O)ccc2o1. The Morgan fingerprint density at radius 3 is 2.76 bits per heavy atom. The molecule has 90 valence electrons. The first-order chi connectivity index (χ1) is 8.00. The van der Waals surface area contributed by atoms with Gasteiger partial charge < -0.3 is 9.21 Å². The number of aryl methyl sites for hydroxylation is 1. The molecule has 0 saturated heterocycles. The Labute approximate surface area is 101 Å². The largest absolute Gasteiger partial charge is 0.440 e. The van der Waals surface area contributed by atoms with Crippen molar-refractivity contribution in [2.75, 3.05) is 0 Å². The van der Waals surface area contributed by atoms with Gasteiger partial charge in [0.1, 0.15) is 11.8 Å². The highest BCUT2D eigenvalue weighted by atomic mass is 16.3. The Kier molecular flexibility index (Phi) is 3.01. The molecule has 0 amide bonds. The van der Waals surface area contributed by atoms with E-state index in [1.807, 2.05) is 18.2 Å². The highest BCUT2D eigenvalue weighted by Crippen LogP contribution is 2.26. The van der Waals surface area contributed by atoms with Crippen LogP contribution in [0.5, 0.6) is 0 Å². The number of fused-ring (bicyclic) bond motifs is 1. The summed E-state index contributed by atoms with van der Waals surface area (Å²) >= 11 is 0. The predicted octanol–water partition coefficient (Wildman–Crippen LogP) is 3.26. The van der Waals surface area contributed by atoms with Crippen molar-refractivity contribution in [1.82, 2.24) is 4.98 Å². The zero-order valence-electron chi connectivity index (χ0n) is 10.5. The molecule has 1 aromatic carbocycles. The summed E-state index contributed by atoms with van der Waals surface area (Å²) in [5.74, 6) is 0.750. The fourth-order valence-corrected chi connectivity index (χ4v) is 1.67. The minimum atomic E-state index is -0.0814. The van der Waals surface area contributed by atoms with E-state index in [1.165, 1.54) is 0 Å². The van der Waals surface area contributed by atoms with Crippen molar-refractivity contribution in [3.05, 3.63) is 29.7 Å². The molecule has 1 aromatic heterocycles. The van der Waals surface area contributed by atoms with Gasteiger partial charge in [-0.2, -0.15) is 0 Å².